The first-order chi connectivity index (χ1) is 12.9. The fourth-order valence-corrected chi connectivity index (χ4v) is 3.39. The number of amides is 3. The second kappa shape index (κ2) is 10.1. The Morgan fingerprint density at radius 2 is 1.93 bits per heavy atom. The molecule has 1 aliphatic rings. The van der Waals surface area contributed by atoms with Gasteiger partial charge >= 0.3 is 0 Å². The first-order valence-electron chi connectivity index (χ1n) is 9.90. The lowest BCUT2D eigenvalue weighted by Gasteiger charge is -2.19. The Balaban J connectivity index is 1.90. The highest BCUT2D eigenvalue weighted by atomic mass is 16.2. The van der Waals surface area contributed by atoms with Gasteiger partial charge in [-0.3, -0.25) is 14.4 Å². The summed E-state index contributed by atoms with van der Waals surface area (Å²) in [5, 5.41) is 5.74. The normalized spacial score (nSPS) is 17.7. The molecule has 1 aromatic rings. The molecule has 6 heteroatoms. The monoisotopic (exact) mass is 373 g/mol. The van der Waals surface area contributed by atoms with E-state index in [1.54, 1.807) is 29.2 Å². The zero-order chi connectivity index (χ0) is 19.8. The van der Waals surface area contributed by atoms with Gasteiger partial charge < -0.3 is 15.5 Å². The summed E-state index contributed by atoms with van der Waals surface area (Å²) < 4.78 is 0. The molecule has 2 atom stereocenters. The summed E-state index contributed by atoms with van der Waals surface area (Å²) in [4.78, 5) is 37.6. The van der Waals surface area contributed by atoms with E-state index in [9.17, 15) is 14.4 Å². The fourth-order valence-electron chi connectivity index (χ4n) is 3.39. The summed E-state index contributed by atoms with van der Waals surface area (Å²) in [6, 6.07) is 7.11. The summed E-state index contributed by atoms with van der Waals surface area (Å²) in [5.74, 6) is -0.0169. The number of nitrogens with zero attached hydrogens (tertiary/aromatic N) is 1. The Morgan fingerprint density at radius 1 is 1.22 bits per heavy atom. The molecule has 0 bridgehead atoms. The minimum Gasteiger partial charge on any atom is -0.356 e. The lowest BCUT2D eigenvalue weighted by molar-refractivity contribution is -0.126. The van der Waals surface area contributed by atoms with Gasteiger partial charge in [0.15, 0.2) is 0 Å². The highest BCUT2D eigenvalue weighted by molar-refractivity contribution is 6.00. The quantitative estimate of drug-likeness (QED) is 0.697. The Labute approximate surface area is 161 Å². The number of anilines is 2. The van der Waals surface area contributed by atoms with Crippen molar-refractivity contribution in [1.82, 2.24) is 5.32 Å². The van der Waals surface area contributed by atoms with E-state index in [0.29, 0.717) is 24.7 Å². The summed E-state index contributed by atoms with van der Waals surface area (Å²) >= 11 is 0. The number of hydrogen-bond acceptors (Lipinski definition) is 3. The molecule has 2 unspecified atom stereocenters. The van der Waals surface area contributed by atoms with E-state index in [-0.39, 0.29) is 30.1 Å². The zero-order valence-corrected chi connectivity index (χ0v) is 16.6. The molecule has 1 saturated heterocycles. The van der Waals surface area contributed by atoms with Crippen molar-refractivity contribution < 1.29 is 14.4 Å². The number of benzene rings is 1. The average Bonchev–Trinajstić information content (AvgIpc) is 3.03. The average molecular weight is 373 g/mol. The first-order valence-corrected chi connectivity index (χ1v) is 9.90. The maximum absolute atomic E-state index is 12.5. The van der Waals surface area contributed by atoms with Crippen LogP contribution in [0.3, 0.4) is 0 Å². The van der Waals surface area contributed by atoms with Gasteiger partial charge in [-0.1, -0.05) is 33.1 Å². The molecular formula is C21H31N3O3. The lowest BCUT2D eigenvalue weighted by Crippen LogP contribution is -2.35. The Morgan fingerprint density at radius 3 is 2.52 bits per heavy atom. The number of carbonyl (C=O) groups is 3. The van der Waals surface area contributed by atoms with Crippen LogP contribution in [-0.4, -0.2) is 30.8 Å². The third-order valence-electron chi connectivity index (χ3n) is 5.10. The second-order valence-corrected chi connectivity index (χ2v) is 7.30. The van der Waals surface area contributed by atoms with E-state index in [0.717, 1.165) is 24.9 Å². The smallest absolute Gasteiger partial charge is 0.227 e. The van der Waals surface area contributed by atoms with Crippen molar-refractivity contribution in [1.29, 1.82) is 0 Å². The number of rotatable bonds is 9. The second-order valence-electron chi connectivity index (χ2n) is 7.30. The van der Waals surface area contributed by atoms with Crippen LogP contribution in [0.15, 0.2) is 24.3 Å². The highest BCUT2D eigenvalue weighted by Crippen LogP contribution is 2.26. The third kappa shape index (κ3) is 6.08. The van der Waals surface area contributed by atoms with Crippen LogP contribution in [0.5, 0.6) is 0 Å². The molecule has 3 amide bonds. The number of nitrogens with one attached hydrogen (secondary N) is 2. The molecule has 148 valence electrons. The predicted octanol–water partition coefficient (Wildman–Crippen LogP) is 3.33. The van der Waals surface area contributed by atoms with Crippen molar-refractivity contribution in [2.45, 2.75) is 52.9 Å². The van der Waals surface area contributed by atoms with Gasteiger partial charge in [0.05, 0.1) is 5.92 Å². The van der Waals surface area contributed by atoms with E-state index in [1.807, 2.05) is 0 Å². The van der Waals surface area contributed by atoms with E-state index in [2.05, 4.69) is 24.5 Å². The number of carbonyl (C=O) groups excluding carboxylic acids is 3. The lowest BCUT2D eigenvalue weighted by atomic mass is 9.99. The number of unbranched alkanes of at least 4 members (excludes halogenated alkanes) is 1. The van der Waals surface area contributed by atoms with Crippen LogP contribution in [0.4, 0.5) is 11.4 Å². The van der Waals surface area contributed by atoms with Crippen molar-refractivity contribution in [3.8, 4) is 0 Å². The van der Waals surface area contributed by atoms with Gasteiger partial charge in [-0.2, -0.15) is 0 Å². The molecule has 0 aliphatic carbocycles. The van der Waals surface area contributed by atoms with Gasteiger partial charge in [0.25, 0.3) is 0 Å². The predicted molar refractivity (Wildman–Crippen MR) is 108 cm³/mol. The SMILES string of the molecule is CCCCC(CC)CNC(=O)C1CC(=O)N(c2ccc(NC(C)=O)cc2)C1. The zero-order valence-electron chi connectivity index (χ0n) is 16.6. The molecule has 1 fully saturated rings. The van der Waals surface area contributed by atoms with Gasteiger partial charge in [-0.25, -0.2) is 0 Å². The van der Waals surface area contributed by atoms with E-state index >= 15 is 0 Å². The van der Waals surface area contributed by atoms with Crippen LogP contribution in [-0.2, 0) is 14.4 Å². The van der Waals surface area contributed by atoms with Crippen molar-refractivity contribution in [2.24, 2.45) is 11.8 Å². The minimum atomic E-state index is -0.309. The van der Waals surface area contributed by atoms with Gasteiger partial charge in [0.2, 0.25) is 17.7 Å². The molecule has 2 N–H and O–H groups in total. The van der Waals surface area contributed by atoms with Crippen LogP contribution in [0.25, 0.3) is 0 Å². The maximum Gasteiger partial charge on any atom is 0.227 e. The molecule has 6 nitrogen and oxygen atoms in total. The Hall–Kier alpha value is -2.37. The van der Waals surface area contributed by atoms with Crippen molar-refractivity contribution in [2.75, 3.05) is 23.3 Å². The van der Waals surface area contributed by atoms with Crippen LogP contribution < -0.4 is 15.5 Å². The Kier molecular flexibility index (Phi) is 7.82. The summed E-state index contributed by atoms with van der Waals surface area (Å²) in [6.45, 7) is 6.86. The molecule has 27 heavy (non-hydrogen) atoms. The topological polar surface area (TPSA) is 78.5 Å². The molecule has 1 aliphatic heterocycles. The molecule has 1 heterocycles. The summed E-state index contributed by atoms with van der Waals surface area (Å²) in [6.07, 6.45) is 4.77. The van der Waals surface area contributed by atoms with Gasteiger partial charge in [-0.15, -0.1) is 0 Å². The molecule has 0 radical (unpaired) electrons. The van der Waals surface area contributed by atoms with Crippen molar-refractivity contribution >= 4 is 29.1 Å². The molecule has 0 aromatic heterocycles. The minimum absolute atomic E-state index is 0.0318. The standard InChI is InChI=1S/C21H31N3O3/c1-4-6-7-16(5-2)13-22-21(27)17-12-20(26)24(14-17)19-10-8-18(9-11-19)23-15(3)25/h8-11,16-17H,4-7,12-14H2,1-3H3,(H,22,27)(H,23,25). The van der Waals surface area contributed by atoms with Gasteiger partial charge in [0, 0.05) is 37.8 Å². The first kappa shape index (κ1) is 20.9. The molecule has 0 saturated carbocycles. The van der Waals surface area contributed by atoms with Crippen LogP contribution in [0.1, 0.15) is 52.9 Å². The molecular weight excluding hydrogens is 342 g/mol. The van der Waals surface area contributed by atoms with Crippen LogP contribution >= 0.6 is 0 Å². The van der Waals surface area contributed by atoms with Crippen LogP contribution in [0, 0.1) is 11.8 Å². The van der Waals surface area contributed by atoms with Gasteiger partial charge in [-0.05, 0) is 36.6 Å². The van der Waals surface area contributed by atoms with Crippen molar-refractivity contribution in [3.63, 3.8) is 0 Å². The Bertz CT molecular complexity index is 657. The van der Waals surface area contributed by atoms with Crippen molar-refractivity contribution in [3.05, 3.63) is 24.3 Å². The highest BCUT2D eigenvalue weighted by Gasteiger charge is 2.35. The number of hydrogen-bond donors (Lipinski definition) is 2. The van der Waals surface area contributed by atoms with Gasteiger partial charge in [0.1, 0.15) is 0 Å². The third-order valence-corrected chi connectivity index (χ3v) is 5.10. The summed E-state index contributed by atoms with van der Waals surface area (Å²) in [5.41, 5.74) is 1.43. The van der Waals surface area contributed by atoms with E-state index in [1.165, 1.54) is 13.3 Å². The van der Waals surface area contributed by atoms with E-state index < -0.39 is 0 Å². The summed E-state index contributed by atoms with van der Waals surface area (Å²) in [7, 11) is 0. The molecule has 1 aromatic carbocycles. The van der Waals surface area contributed by atoms with E-state index in [4.69, 9.17) is 0 Å². The molecule has 0 spiro atoms. The largest absolute Gasteiger partial charge is 0.356 e. The molecule has 2 rings (SSSR count). The fraction of sp³-hybridized carbons (Fsp3) is 0.571. The van der Waals surface area contributed by atoms with Crippen LogP contribution in [0.2, 0.25) is 0 Å². The maximum atomic E-state index is 12.5.